The first-order valence-electron chi connectivity index (χ1n) is 7.36. The van der Waals surface area contributed by atoms with E-state index in [1.54, 1.807) is 0 Å². The number of nitrogens with one attached hydrogen (secondary N) is 1. The van der Waals surface area contributed by atoms with Gasteiger partial charge >= 0.3 is 0 Å². The quantitative estimate of drug-likeness (QED) is 0.824. The summed E-state index contributed by atoms with van der Waals surface area (Å²) in [5, 5.41) is 3.26. The van der Waals surface area contributed by atoms with Gasteiger partial charge in [-0.25, -0.2) is 0 Å². The maximum absolute atomic E-state index is 12.5. The van der Waals surface area contributed by atoms with Gasteiger partial charge in [0.25, 0.3) is 0 Å². The number of morpholine rings is 1. The highest BCUT2D eigenvalue weighted by atomic mass is 16.5. The van der Waals surface area contributed by atoms with Gasteiger partial charge in [-0.3, -0.25) is 4.79 Å². The van der Waals surface area contributed by atoms with E-state index in [4.69, 9.17) is 4.74 Å². The van der Waals surface area contributed by atoms with Gasteiger partial charge in [0.2, 0.25) is 5.91 Å². The van der Waals surface area contributed by atoms with Crippen molar-refractivity contribution in [2.75, 3.05) is 26.2 Å². The van der Waals surface area contributed by atoms with E-state index in [1.807, 2.05) is 6.92 Å². The predicted octanol–water partition coefficient (Wildman–Crippen LogP) is 1.40. The Labute approximate surface area is 110 Å². The highest BCUT2D eigenvalue weighted by Crippen LogP contribution is 2.29. The monoisotopic (exact) mass is 254 g/mol. The minimum atomic E-state index is 0.0747. The first-order chi connectivity index (χ1) is 8.74. The lowest BCUT2D eigenvalue weighted by atomic mass is 9.89. The number of carbonyl (C=O) groups excluding carboxylic acids is 1. The smallest absolute Gasteiger partial charge is 0.227 e. The van der Waals surface area contributed by atoms with E-state index in [0.29, 0.717) is 24.7 Å². The molecule has 4 heteroatoms. The molecule has 1 amide bonds. The fourth-order valence-electron chi connectivity index (χ4n) is 3.10. The van der Waals surface area contributed by atoms with E-state index in [2.05, 4.69) is 17.1 Å². The van der Waals surface area contributed by atoms with Crippen molar-refractivity contribution in [2.45, 2.75) is 51.7 Å². The van der Waals surface area contributed by atoms with Crippen LogP contribution in [0.2, 0.25) is 0 Å². The summed E-state index contributed by atoms with van der Waals surface area (Å²) in [6.07, 6.45) is 5.01. The lowest BCUT2D eigenvalue weighted by molar-refractivity contribution is -0.153. The summed E-state index contributed by atoms with van der Waals surface area (Å²) in [6, 6.07) is 0.337. The number of hydrogen-bond donors (Lipinski definition) is 1. The van der Waals surface area contributed by atoms with Crippen LogP contribution >= 0.6 is 0 Å². The second-order valence-electron chi connectivity index (χ2n) is 5.50. The molecule has 2 fully saturated rings. The average Bonchev–Trinajstić information content (AvgIpc) is 2.43. The van der Waals surface area contributed by atoms with E-state index in [9.17, 15) is 4.79 Å². The zero-order valence-electron chi connectivity index (χ0n) is 11.7. The van der Waals surface area contributed by atoms with Gasteiger partial charge in [0.1, 0.15) is 0 Å². The maximum Gasteiger partial charge on any atom is 0.227 e. The third-order valence-corrected chi connectivity index (χ3v) is 4.14. The lowest BCUT2D eigenvalue weighted by Crippen LogP contribution is -2.56. The molecule has 1 saturated carbocycles. The second-order valence-corrected chi connectivity index (χ2v) is 5.50. The summed E-state index contributed by atoms with van der Waals surface area (Å²) >= 11 is 0. The van der Waals surface area contributed by atoms with Gasteiger partial charge < -0.3 is 15.0 Å². The number of nitrogens with zero attached hydrogens (tertiary/aromatic N) is 1. The van der Waals surface area contributed by atoms with E-state index in [1.165, 1.54) is 12.8 Å². The summed E-state index contributed by atoms with van der Waals surface area (Å²) in [7, 11) is 0. The molecule has 4 nitrogen and oxygen atoms in total. The van der Waals surface area contributed by atoms with Crippen molar-refractivity contribution in [1.29, 1.82) is 0 Å². The highest BCUT2D eigenvalue weighted by Gasteiger charge is 2.37. The SMILES string of the molecule is CCNCC(C)C(=O)N1CCOC2CCCCC21. The zero-order valence-corrected chi connectivity index (χ0v) is 11.7. The van der Waals surface area contributed by atoms with E-state index in [-0.39, 0.29) is 5.92 Å². The molecule has 0 aromatic carbocycles. The zero-order chi connectivity index (χ0) is 13.0. The van der Waals surface area contributed by atoms with Gasteiger partial charge in [-0.05, 0) is 19.4 Å². The number of rotatable bonds is 4. The van der Waals surface area contributed by atoms with Gasteiger partial charge in [0.05, 0.1) is 18.8 Å². The fourth-order valence-corrected chi connectivity index (χ4v) is 3.10. The van der Waals surface area contributed by atoms with Crippen LogP contribution in [0.25, 0.3) is 0 Å². The molecule has 1 saturated heterocycles. The minimum Gasteiger partial charge on any atom is -0.374 e. The van der Waals surface area contributed by atoms with Gasteiger partial charge in [0.15, 0.2) is 0 Å². The van der Waals surface area contributed by atoms with Crippen molar-refractivity contribution in [3.05, 3.63) is 0 Å². The van der Waals surface area contributed by atoms with E-state index < -0.39 is 0 Å². The van der Waals surface area contributed by atoms with E-state index >= 15 is 0 Å². The van der Waals surface area contributed by atoms with Crippen LogP contribution in [-0.2, 0) is 9.53 Å². The van der Waals surface area contributed by atoms with Gasteiger partial charge in [-0.15, -0.1) is 0 Å². The topological polar surface area (TPSA) is 41.6 Å². The molecule has 1 aliphatic heterocycles. The Balaban J connectivity index is 1.95. The maximum atomic E-state index is 12.5. The van der Waals surface area contributed by atoms with Gasteiger partial charge in [-0.2, -0.15) is 0 Å². The summed E-state index contributed by atoms with van der Waals surface area (Å²) in [6.45, 7) is 7.29. The van der Waals surface area contributed by atoms with Gasteiger partial charge in [-0.1, -0.05) is 26.7 Å². The molecule has 1 heterocycles. The standard InChI is InChI=1S/C14H26N2O2/c1-3-15-10-11(2)14(17)16-8-9-18-13-7-5-4-6-12(13)16/h11-13,15H,3-10H2,1-2H3. The molecule has 0 aromatic rings. The van der Waals surface area contributed by atoms with Crippen LogP contribution < -0.4 is 5.32 Å². The molecule has 3 unspecified atom stereocenters. The first kappa shape index (κ1) is 13.8. The fraction of sp³-hybridized carbons (Fsp3) is 0.929. The van der Waals surface area contributed by atoms with Crippen molar-refractivity contribution in [2.24, 2.45) is 5.92 Å². The number of ether oxygens (including phenoxy) is 1. The molecule has 1 N–H and O–H groups in total. The molecule has 3 atom stereocenters. The Morgan fingerprint density at radius 1 is 1.44 bits per heavy atom. The molecular formula is C14H26N2O2. The van der Waals surface area contributed by atoms with Crippen LogP contribution in [0.3, 0.4) is 0 Å². The molecule has 0 bridgehead atoms. The number of amides is 1. The molecule has 2 aliphatic rings. The molecule has 0 radical (unpaired) electrons. The molecule has 18 heavy (non-hydrogen) atoms. The van der Waals surface area contributed by atoms with Crippen molar-refractivity contribution in [1.82, 2.24) is 10.2 Å². The largest absolute Gasteiger partial charge is 0.374 e. The molecule has 0 aromatic heterocycles. The molecular weight excluding hydrogens is 228 g/mol. The van der Waals surface area contributed by atoms with Crippen LogP contribution in [-0.4, -0.2) is 49.2 Å². The second kappa shape index (κ2) is 6.53. The van der Waals surface area contributed by atoms with Crippen molar-refractivity contribution in [3.63, 3.8) is 0 Å². The average molecular weight is 254 g/mol. The van der Waals surface area contributed by atoms with Crippen LogP contribution in [0.15, 0.2) is 0 Å². The van der Waals surface area contributed by atoms with Gasteiger partial charge in [0, 0.05) is 19.0 Å². The highest BCUT2D eigenvalue weighted by molar-refractivity contribution is 5.79. The normalized spacial score (nSPS) is 29.8. The Morgan fingerprint density at radius 2 is 2.22 bits per heavy atom. The van der Waals surface area contributed by atoms with Crippen molar-refractivity contribution >= 4 is 5.91 Å². The van der Waals surface area contributed by atoms with Crippen LogP contribution in [0, 0.1) is 5.92 Å². The Kier molecular flexibility index (Phi) is 5.01. The number of fused-ring (bicyclic) bond motifs is 1. The molecule has 104 valence electrons. The number of carbonyl (C=O) groups is 1. The minimum absolute atomic E-state index is 0.0747. The first-order valence-corrected chi connectivity index (χ1v) is 7.36. The van der Waals surface area contributed by atoms with Crippen molar-refractivity contribution < 1.29 is 9.53 Å². The van der Waals surface area contributed by atoms with Crippen LogP contribution in [0.1, 0.15) is 39.5 Å². The third-order valence-electron chi connectivity index (χ3n) is 4.14. The Morgan fingerprint density at radius 3 is 3.00 bits per heavy atom. The summed E-state index contributed by atoms with van der Waals surface area (Å²) in [5.74, 6) is 0.377. The third kappa shape index (κ3) is 3.04. The summed E-state index contributed by atoms with van der Waals surface area (Å²) in [4.78, 5) is 14.6. The number of hydrogen-bond acceptors (Lipinski definition) is 3. The predicted molar refractivity (Wildman–Crippen MR) is 71.4 cm³/mol. The molecule has 0 spiro atoms. The molecule has 1 aliphatic carbocycles. The van der Waals surface area contributed by atoms with Crippen LogP contribution in [0.5, 0.6) is 0 Å². The van der Waals surface area contributed by atoms with Crippen LogP contribution in [0.4, 0.5) is 0 Å². The molecule has 2 rings (SSSR count). The lowest BCUT2D eigenvalue weighted by Gasteiger charge is -2.44. The summed E-state index contributed by atoms with van der Waals surface area (Å²) < 4.78 is 5.81. The van der Waals surface area contributed by atoms with E-state index in [0.717, 1.165) is 32.5 Å². The van der Waals surface area contributed by atoms with Crippen molar-refractivity contribution in [3.8, 4) is 0 Å². The Hall–Kier alpha value is -0.610. The Bertz CT molecular complexity index is 281. The summed E-state index contributed by atoms with van der Waals surface area (Å²) in [5.41, 5.74) is 0.